The normalized spacial score (nSPS) is 14.5. The highest BCUT2D eigenvalue weighted by molar-refractivity contribution is 7.56. The fraction of sp³-hybridized carbons (Fsp3) is 0.750. The molecule has 0 unspecified atom stereocenters. The Morgan fingerprint density at radius 1 is 1.25 bits per heavy atom. The van der Waals surface area contributed by atoms with E-state index in [-0.39, 0.29) is 17.2 Å². The zero-order chi connectivity index (χ0) is 9.94. The molecule has 0 aliphatic rings. The van der Waals surface area contributed by atoms with Gasteiger partial charge < -0.3 is 9.79 Å². The van der Waals surface area contributed by atoms with Crippen molar-refractivity contribution in [3.8, 4) is 0 Å². The summed E-state index contributed by atoms with van der Waals surface area (Å²) in [6, 6.07) is 0. The fourth-order valence-corrected chi connectivity index (χ4v) is 2.13. The van der Waals surface area contributed by atoms with Gasteiger partial charge in [-0.2, -0.15) is 0 Å². The Hall–Kier alpha value is -0.110. The van der Waals surface area contributed by atoms with Crippen LogP contribution in [0.3, 0.4) is 0 Å². The Morgan fingerprint density at radius 2 is 1.67 bits per heavy atom. The highest BCUT2D eigenvalue weighted by Gasteiger charge is 2.23. The molecule has 4 heteroatoms. The molecule has 72 valence electrons. The van der Waals surface area contributed by atoms with Crippen LogP contribution in [0.5, 0.6) is 0 Å². The third-order valence-corrected chi connectivity index (χ3v) is 2.77. The molecule has 0 rings (SSSR count). The van der Waals surface area contributed by atoms with Crippen molar-refractivity contribution in [2.45, 2.75) is 27.7 Å². The molecule has 0 aliphatic carbocycles. The van der Waals surface area contributed by atoms with E-state index in [1.54, 1.807) is 19.9 Å². The Kier molecular flexibility index (Phi) is 4.18. The molecule has 2 N–H and O–H groups in total. The van der Waals surface area contributed by atoms with Crippen LogP contribution in [0.1, 0.15) is 27.7 Å². The second-order valence-corrected chi connectivity index (χ2v) is 5.14. The Balaban J connectivity index is 4.81. The molecule has 0 amide bonds. The van der Waals surface area contributed by atoms with E-state index in [4.69, 9.17) is 9.79 Å². The van der Waals surface area contributed by atoms with Crippen molar-refractivity contribution in [3.05, 3.63) is 11.4 Å². The van der Waals surface area contributed by atoms with Gasteiger partial charge in [0.2, 0.25) is 0 Å². The maximum absolute atomic E-state index is 10.9. The van der Waals surface area contributed by atoms with E-state index in [9.17, 15) is 4.57 Å². The molecule has 0 aromatic heterocycles. The molecule has 0 atom stereocenters. The van der Waals surface area contributed by atoms with Crippen molar-refractivity contribution in [3.63, 3.8) is 0 Å². The lowest BCUT2D eigenvalue weighted by Crippen LogP contribution is -1.97. The van der Waals surface area contributed by atoms with Crippen molar-refractivity contribution in [2.24, 2.45) is 11.8 Å². The van der Waals surface area contributed by atoms with E-state index < -0.39 is 7.60 Å². The summed E-state index contributed by atoms with van der Waals surface area (Å²) in [6.07, 6.45) is 1.64. The molecule has 0 radical (unpaired) electrons. The Morgan fingerprint density at radius 3 is 1.75 bits per heavy atom. The van der Waals surface area contributed by atoms with Crippen LogP contribution >= 0.6 is 7.60 Å². The summed E-state index contributed by atoms with van der Waals surface area (Å²) in [7, 11) is -4.02. The van der Waals surface area contributed by atoms with Gasteiger partial charge in [0.05, 0.1) is 0 Å². The smallest absolute Gasteiger partial charge is 0.321 e. The standard InChI is InChI=1S/C8H17O3P/c1-6(2)5-8(7(3)4)12(9,10)11/h5-7H,1-4H3,(H2,9,10,11)/b8-5-. The van der Waals surface area contributed by atoms with Gasteiger partial charge in [0, 0.05) is 5.31 Å². The summed E-state index contributed by atoms with van der Waals surface area (Å²) in [4.78, 5) is 17.9. The van der Waals surface area contributed by atoms with Crippen LogP contribution in [-0.4, -0.2) is 9.79 Å². The molecule has 0 saturated heterocycles. The van der Waals surface area contributed by atoms with E-state index in [1.807, 2.05) is 13.8 Å². The first kappa shape index (κ1) is 11.9. The minimum absolute atomic E-state index is 0.0896. The van der Waals surface area contributed by atoms with Gasteiger partial charge in [-0.25, -0.2) is 0 Å². The maximum atomic E-state index is 10.9. The van der Waals surface area contributed by atoms with Crippen LogP contribution in [0.25, 0.3) is 0 Å². The van der Waals surface area contributed by atoms with Crippen molar-refractivity contribution in [1.82, 2.24) is 0 Å². The molecule has 12 heavy (non-hydrogen) atoms. The molecule has 0 aromatic rings. The zero-order valence-electron chi connectivity index (χ0n) is 7.98. The molecule has 0 saturated carbocycles. The van der Waals surface area contributed by atoms with Crippen LogP contribution in [0.2, 0.25) is 0 Å². The largest absolute Gasteiger partial charge is 0.352 e. The molecule has 0 fully saturated rings. The highest BCUT2D eigenvalue weighted by atomic mass is 31.2. The molecule has 0 aromatic carbocycles. The van der Waals surface area contributed by atoms with Gasteiger partial charge in [-0.1, -0.05) is 33.8 Å². The van der Waals surface area contributed by atoms with Crippen molar-refractivity contribution < 1.29 is 14.4 Å². The minimum atomic E-state index is -4.02. The molecule has 0 heterocycles. The van der Waals surface area contributed by atoms with E-state index in [0.717, 1.165) is 0 Å². The quantitative estimate of drug-likeness (QED) is 0.675. The minimum Gasteiger partial charge on any atom is -0.321 e. The lowest BCUT2D eigenvalue weighted by Gasteiger charge is -2.13. The van der Waals surface area contributed by atoms with Crippen molar-refractivity contribution in [1.29, 1.82) is 0 Å². The summed E-state index contributed by atoms with van der Waals surface area (Å²) in [5.74, 6) is 0.0864. The Labute approximate surface area is 73.7 Å². The molecule has 0 bridgehead atoms. The predicted molar refractivity (Wildman–Crippen MR) is 49.8 cm³/mol. The first-order valence-corrected chi connectivity index (χ1v) is 5.64. The van der Waals surface area contributed by atoms with E-state index in [0.29, 0.717) is 0 Å². The lowest BCUT2D eigenvalue weighted by molar-refractivity contribution is 0.376. The van der Waals surface area contributed by atoms with Crippen LogP contribution in [0.15, 0.2) is 11.4 Å². The Bertz CT molecular complexity index is 212. The average molecular weight is 192 g/mol. The van der Waals surface area contributed by atoms with Gasteiger partial charge in [0.25, 0.3) is 0 Å². The van der Waals surface area contributed by atoms with Gasteiger partial charge in [-0.15, -0.1) is 0 Å². The first-order valence-electron chi connectivity index (χ1n) is 4.03. The van der Waals surface area contributed by atoms with Crippen LogP contribution in [0, 0.1) is 11.8 Å². The monoisotopic (exact) mass is 192 g/mol. The fourth-order valence-electron chi connectivity index (χ4n) is 0.967. The lowest BCUT2D eigenvalue weighted by atomic mass is 10.1. The van der Waals surface area contributed by atoms with Gasteiger partial charge in [-0.3, -0.25) is 4.57 Å². The molecule has 0 aliphatic heterocycles. The number of hydrogen-bond acceptors (Lipinski definition) is 1. The summed E-state index contributed by atoms with van der Waals surface area (Å²) in [5.41, 5.74) is 0. The van der Waals surface area contributed by atoms with Crippen LogP contribution in [0.4, 0.5) is 0 Å². The summed E-state index contributed by atoms with van der Waals surface area (Å²) in [6.45, 7) is 7.37. The van der Waals surface area contributed by atoms with E-state index in [1.165, 1.54) is 0 Å². The maximum Gasteiger partial charge on any atom is 0.352 e. The zero-order valence-corrected chi connectivity index (χ0v) is 8.88. The van der Waals surface area contributed by atoms with Crippen LogP contribution < -0.4 is 0 Å². The first-order chi connectivity index (χ1) is 5.25. The SMILES string of the molecule is CC(C)/C=C(/C(C)C)P(=O)(O)O. The van der Waals surface area contributed by atoms with Gasteiger partial charge in [0.15, 0.2) is 0 Å². The van der Waals surface area contributed by atoms with Gasteiger partial charge in [0.1, 0.15) is 0 Å². The predicted octanol–water partition coefficient (Wildman–Crippen LogP) is 2.36. The summed E-state index contributed by atoms with van der Waals surface area (Å²) >= 11 is 0. The summed E-state index contributed by atoms with van der Waals surface area (Å²) in [5, 5.41) is 0.248. The molecule has 0 spiro atoms. The second kappa shape index (κ2) is 4.22. The average Bonchev–Trinajstić information content (AvgIpc) is 1.79. The number of rotatable bonds is 3. The van der Waals surface area contributed by atoms with Crippen molar-refractivity contribution >= 4 is 7.60 Å². The van der Waals surface area contributed by atoms with E-state index in [2.05, 4.69) is 0 Å². The number of allylic oxidation sites excluding steroid dienone is 2. The van der Waals surface area contributed by atoms with E-state index >= 15 is 0 Å². The third-order valence-electron chi connectivity index (χ3n) is 1.43. The van der Waals surface area contributed by atoms with Gasteiger partial charge >= 0.3 is 7.60 Å². The number of hydrogen-bond donors (Lipinski definition) is 2. The van der Waals surface area contributed by atoms with Crippen molar-refractivity contribution in [2.75, 3.05) is 0 Å². The van der Waals surface area contributed by atoms with Gasteiger partial charge in [-0.05, 0) is 11.8 Å². The topological polar surface area (TPSA) is 57.5 Å². The third kappa shape index (κ3) is 4.05. The highest BCUT2D eigenvalue weighted by Crippen LogP contribution is 2.49. The second-order valence-electron chi connectivity index (χ2n) is 3.53. The summed E-state index contributed by atoms with van der Waals surface area (Å²) < 4.78 is 10.9. The molecular formula is C8H17O3P. The van der Waals surface area contributed by atoms with Crippen LogP contribution in [-0.2, 0) is 4.57 Å². The molecular weight excluding hydrogens is 175 g/mol. The molecule has 3 nitrogen and oxygen atoms in total.